The highest BCUT2D eigenvalue weighted by molar-refractivity contribution is 5.97. The lowest BCUT2D eigenvalue weighted by molar-refractivity contribution is -0.141. The van der Waals surface area contributed by atoms with Crippen LogP contribution in [-0.2, 0) is 11.0 Å². The Hall–Kier alpha value is -3.49. The minimum atomic E-state index is -4.51. The Morgan fingerprint density at radius 1 is 1.00 bits per heavy atom. The van der Waals surface area contributed by atoms with E-state index in [4.69, 9.17) is 0 Å². The molecule has 1 amide bonds. The van der Waals surface area contributed by atoms with E-state index in [2.05, 4.69) is 15.0 Å². The Balaban J connectivity index is 1.60. The Morgan fingerprint density at radius 2 is 1.74 bits per heavy atom. The third-order valence-corrected chi connectivity index (χ3v) is 5.10. The van der Waals surface area contributed by atoms with E-state index in [1.807, 2.05) is 35.2 Å². The first-order chi connectivity index (χ1) is 14.7. The predicted molar refractivity (Wildman–Crippen MR) is 111 cm³/mol. The number of nitrogens with zero attached hydrogens (tertiary/aromatic N) is 5. The number of carbonyl (C=O) groups excluding carboxylic acids is 1. The number of aromatic nitrogens is 3. The zero-order valence-corrected chi connectivity index (χ0v) is 17.0. The molecule has 0 saturated carbocycles. The van der Waals surface area contributed by atoms with Crippen molar-refractivity contribution in [2.75, 3.05) is 29.4 Å². The number of para-hydroxylation sites is 1. The first-order valence-electron chi connectivity index (χ1n) is 9.72. The highest BCUT2D eigenvalue weighted by atomic mass is 19.4. The highest BCUT2D eigenvalue weighted by Gasteiger charge is 2.33. The highest BCUT2D eigenvalue weighted by Crippen LogP contribution is 2.31. The van der Waals surface area contributed by atoms with Crippen LogP contribution in [0, 0.1) is 13.8 Å². The molecule has 2 aromatic heterocycles. The average Bonchev–Trinajstić information content (AvgIpc) is 2.73. The van der Waals surface area contributed by atoms with Crippen molar-refractivity contribution >= 4 is 17.4 Å². The fourth-order valence-corrected chi connectivity index (χ4v) is 3.53. The van der Waals surface area contributed by atoms with Gasteiger partial charge in [-0.05, 0) is 37.6 Å². The van der Waals surface area contributed by atoms with Crippen LogP contribution in [0.5, 0.6) is 0 Å². The minimum absolute atomic E-state index is 0.0531. The van der Waals surface area contributed by atoms with Crippen molar-refractivity contribution in [1.29, 1.82) is 0 Å². The zero-order valence-electron chi connectivity index (χ0n) is 17.0. The molecule has 1 saturated heterocycles. The molecule has 3 heterocycles. The molecule has 0 bridgehead atoms. The number of rotatable bonds is 3. The lowest BCUT2D eigenvalue weighted by Gasteiger charge is -2.35. The van der Waals surface area contributed by atoms with E-state index in [1.54, 1.807) is 24.8 Å². The summed E-state index contributed by atoms with van der Waals surface area (Å²) in [5.74, 6) is 0.789. The minimum Gasteiger partial charge on any atom is -0.345 e. The molecule has 0 radical (unpaired) electrons. The zero-order chi connectivity index (χ0) is 22.2. The molecule has 1 aromatic carbocycles. The first-order valence-corrected chi connectivity index (χ1v) is 9.72. The van der Waals surface area contributed by atoms with Gasteiger partial charge >= 0.3 is 6.18 Å². The van der Waals surface area contributed by atoms with Gasteiger partial charge in [0.2, 0.25) is 5.91 Å². The lowest BCUT2D eigenvalue weighted by atomic mass is 10.1. The van der Waals surface area contributed by atoms with Gasteiger partial charge < -0.3 is 9.80 Å². The van der Waals surface area contributed by atoms with Crippen LogP contribution in [0.2, 0.25) is 0 Å². The third kappa shape index (κ3) is 4.35. The summed E-state index contributed by atoms with van der Waals surface area (Å²) in [4.78, 5) is 28.8. The quantitative estimate of drug-likeness (QED) is 0.632. The van der Waals surface area contributed by atoms with Gasteiger partial charge in [-0.1, -0.05) is 18.2 Å². The smallest absolute Gasteiger partial charge is 0.345 e. The SMILES string of the molecule is Cc1cc(N2CCN(c3ccccc3)C(=O)C2)nc(-c2cnc(C(F)(F)F)cc2C)n1. The summed E-state index contributed by atoms with van der Waals surface area (Å²) in [5, 5.41) is 0. The number of aryl methyl sites for hydroxylation is 2. The molecule has 0 aliphatic carbocycles. The Labute approximate surface area is 177 Å². The van der Waals surface area contributed by atoms with E-state index in [-0.39, 0.29) is 18.3 Å². The second-order valence-electron chi connectivity index (χ2n) is 7.38. The summed E-state index contributed by atoms with van der Waals surface area (Å²) in [6, 6.07) is 12.2. The van der Waals surface area contributed by atoms with E-state index < -0.39 is 11.9 Å². The number of carbonyl (C=O) groups is 1. The average molecular weight is 427 g/mol. The second kappa shape index (κ2) is 7.98. The molecule has 1 fully saturated rings. The summed E-state index contributed by atoms with van der Waals surface area (Å²) < 4.78 is 38.8. The summed E-state index contributed by atoms with van der Waals surface area (Å²) in [6.45, 7) is 4.57. The van der Waals surface area contributed by atoms with Crippen LogP contribution in [0.25, 0.3) is 11.4 Å². The van der Waals surface area contributed by atoms with Crippen LogP contribution < -0.4 is 9.80 Å². The van der Waals surface area contributed by atoms with Gasteiger partial charge in [-0.25, -0.2) is 9.97 Å². The number of hydrogen-bond donors (Lipinski definition) is 0. The molecule has 0 N–H and O–H groups in total. The molecular weight excluding hydrogens is 407 g/mol. The molecule has 1 aliphatic heterocycles. The maximum absolute atomic E-state index is 12.9. The Bertz CT molecular complexity index is 1120. The lowest BCUT2D eigenvalue weighted by Crippen LogP contribution is -2.51. The number of hydrogen-bond acceptors (Lipinski definition) is 5. The molecule has 0 spiro atoms. The molecule has 160 valence electrons. The van der Waals surface area contributed by atoms with Crippen molar-refractivity contribution in [2.45, 2.75) is 20.0 Å². The molecule has 31 heavy (non-hydrogen) atoms. The number of anilines is 2. The van der Waals surface area contributed by atoms with Crippen LogP contribution in [0.15, 0.2) is 48.7 Å². The number of benzene rings is 1. The molecular formula is C22H20F3N5O. The van der Waals surface area contributed by atoms with Gasteiger partial charge in [0.15, 0.2) is 5.82 Å². The van der Waals surface area contributed by atoms with Crippen LogP contribution in [0.3, 0.4) is 0 Å². The maximum atomic E-state index is 12.9. The number of pyridine rings is 1. The van der Waals surface area contributed by atoms with Crippen molar-refractivity contribution in [2.24, 2.45) is 0 Å². The molecule has 0 unspecified atom stereocenters. The van der Waals surface area contributed by atoms with Gasteiger partial charge in [0.25, 0.3) is 0 Å². The predicted octanol–water partition coefficient (Wildman–Crippen LogP) is 4.03. The monoisotopic (exact) mass is 427 g/mol. The number of piperazine rings is 1. The third-order valence-electron chi connectivity index (χ3n) is 5.10. The first kappa shape index (κ1) is 20.8. The van der Waals surface area contributed by atoms with Crippen molar-refractivity contribution in [3.8, 4) is 11.4 Å². The number of alkyl halides is 3. The normalized spacial score (nSPS) is 14.8. The van der Waals surface area contributed by atoms with Gasteiger partial charge in [0, 0.05) is 42.3 Å². The standard InChI is InChI=1S/C22H20F3N5O/c1-14-10-18(22(23,24)25)26-12-17(14)21-27-15(2)11-19(28-21)29-8-9-30(20(31)13-29)16-6-4-3-5-7-16/h3-7,10-12H,8-9,13H2,1-2H3. The Morgan fingerprint density at radius 3 is 2.39 bits per heavy atom. The molecule has 6 nitrogen and oxygen atoms in total. The Kier molecular flexibility index (Phi) is 5.34. The van der Waals surface area contributed by atoms with Gasteiger partial charge in [-0.3, -0.25) is 9.78 Å². The molecule has 3 aromatic rings. The largest absolute Gasteiger partial charge is 0.433 e. The fraction of sp³-hybridized carbons (Fsp3) is 0.273. The number of amides is 1. The van der Waals surface area contributed by atoms with Crippen molar-refractivity contribution in [3.63, 3.8) is 0 Å². The summed E-state index contributed by atoms with van der Waals surface area (Å²) >= 11 is 0. The number of halogens is 3. The van der Waals surface area contributed by atoms with Gasteiger partial charge in [-0.15, -0.1) is 0 Å². The summed E-state index contributed by atoms with van der Waals surface area (Å²) in [5.41, 5.74) is 1.34. The molecule has 1 aliphatic rings. The van der Waals surface area contributed by atoms with E-state index in [9.17, 15) is 18.0 Å². The second-order valence-corrected chi connectivity index (χ2v) is 7.38. The van der Waals surface area contributed by atoms with Crippen molar-refractivity contribution in [1.82, 2.24) is 15.0 Å². The summed E-state index contributed by atoms with van der Waals surface area (Å²) in [7, 11) is 0. The van der Waals surface area contributed by atoms with Gasteiger partial charge in [0.05, 0.1) is 6.54 Å². The molecule has 4 rings (SSSR count). The topological polar surface area (TPSA) is 62.2 Å². The van der Waals surface area contributed by atoms with E-state index >= 15 is 0 Å². The van der Waals surface area contributed by atoms with E-state index in [1.165, 1.54) is 0 Å². The van der Waals surface area contributed by atoms with E-state index in [0.717, 1.165) is 18.0 Å². The molecule has 0 atom stereocenters. The van der Waals surface area contributed by atoms with Crippen LogP contribution in [-0.4, -0.2) is 40.5 Å². The van der Waals surface area contributed by atoms with Crippen LogP contribution in [0.4, 0.5) is 24.7 Å². The van der Waals surface area contributed by atoms with E-state index in [0.29, 0.717) is 35.7 Å². The van der Waals surface area contributed by atoms with Crippen LogP contribution >= 0.6 is 0 Å². The van der Waals surface area contributed by atoms with Gasteiger partial charge in [0.1, 0.15) is 11.5 Å². The summed E-state index contributed by atoms with van der Waals surface area (Å²) in [6.07, 6.45) is -3.37. The maximum Gasteiger partial charge on any atom is 0.433 e. The van der Waals surface area contributed by atoms with Crippen LogP contribution in [0.1, 0.15) is 17.0 Å². The van der Waals surface area contributed by atoms with Gasteiger partial charge in [-0.2, -0.15) is 13.2 Å². The van der Waals surface area contributed by atoms with Crippen molar-refractivity contribution < 1.29 is 18.0 Å². The molecule has 9 heteroatoms. The van der Waals surface area contributed by atoms with Crippen molar-refractivity contribution in [3.05, 3.63) is 65.6 Å². The fourth-order valence-electron chi connectivity index (χ4n) is 3.53.